The minimum Gasteiger partial charge on any atom is -0.487 e. The number of aryl methyl sites for hydroxylation is 1. The summed E-state index contributed by atoms with van der Waals surface area (Å²) >= 11 is 6.20. The molecule has 1 aliphatic rings. The lowest BCUT2D eigenvalue weighted by molar-refractivity contribution is 0.214. The van der Waals surface area contributed by atoms with E-state index in [2.05, 4.69) is 27.3 Å². The van der Waals surface area contributed by atoms with Gasteiger partial charge in [-0.1, -0.05) is 23.7 Å². The summed E-state index contributed by atoms with van der Waals surface area (Å²) in [4.78, 5) is 6.94. The molecule has 0 aliphatic carbocycles. The average molecular weight is 377 g/mol. The molecular weight excluding hydrogens is 352 g/mol. The average Bonchev–Trinajstić information content (AvgIpc) is 3.22. The molecule has 1 aromatic heterocycles. The predicted molar refractivity (Wildman–Crippen MR) is 103 cm³/mol. The molecule has 1 atom stereocenters. The van der Waals surface area contributed by atoms with E-state index in [9.17, 15) is 0 Å². The smallest absolute Gasteiger partial charge is 0.194 e. The molecule has 0 radical (unpaired) electrons. The van der Waals surface area contributed by atoms with Gasteiger partial charge in [-0.3, -0.25) is 0 Å². The Labute approximate surface area is 159 Å². The minimum absolute atomic E-state index is 0.0934. The van der Waals surface area contributed by atoms with Crippen molar-refractivity contribution in [1.82, 2.24) is 25.0 Å². The molecule has 2 aromatic rings. The van der Waals surface area contributed by atoms with Crippen molar-refractivity contribution in [2.45, 2.75) is 32.9 Å². The first kappa shape index (κ1) is 18.5. The molecule has 1 fully saturated rings. The van der Waals surface area contributed by atoms with E-state index in [1.54, 1.807) is 0 Å². The van der Waals surface area contributed by atoms with Gasteiger partial charge in [-0.15, -0.1) is 10.2 Å². The van der Waals surface area contributed by atoms with Gasteiger partial charge in [0.05, 0.1) is 11.6 Å². The number of rotatable bonds is 5. The SMILES string of the molecule is CCNC(=NCc1nnc(C)n1C)N1CCC(Oc2ccccc2Cl)C1. The van der Waals surface area contributed by atoms with Gasteiger partial charge in [0.25, 0.3) is 0 Å². The number of benzene rings is 1. The fourth-order valence-electron chi connectivity index (χ4n) is 2.90. The number of hydrogen-bond acceptors (Lipinski definition) is 4. The molecule has 140 valence electrons. The number of para-hydroxylation sites is 1. The van der Waals surface area contributed by atoms with Crippen LogP contribution in [-0.2, 0) is 13.6 Å². The zero-order valence-corrected chi connectivity index (χ0v) is 16.2. The van der Waals surface area contributed by atoms with Crippen LogP contribution in [0.2, 0.25) is 5.02 Å². The topological polar surface area (TPSA) is 67.6 Å². The van der Waals surface area contributed by atoms with Gasteiger partial charge >= 0.3 is 0 Å². The first-order valence-corrected chi connectivity index (χ1v) is 9.25. The maximum absolute atomic E-state index is 6.20. The van der Waals surface area contributed by atoms with E-state index in [1.807, 2.05) is 42.8 Å². The summed E-state index contributed by atoms with van der Waals surface area (Å²) < 4.78 is 8.03. The third kappa shape index (κ3) is 4.27. The molecule has 0 amide bonds. The van der Waals surface area contributed by atoms with E-state index in [0.717, 1.165) is 49.4 Å². The van der Waals surface area contributed by atoms with Crippen LogP contribution in [0.15, 0.2) is 29.3 Å². The summed E-state index contributed by atoms with van der Waals surface area (Å²) in [7, 11) is 1.95. The molecule has 7 nitrogen and oxygen atoms in total. The molecule has 2 heterocycles. The Bertz CT molecular complexity index is 775. The summed E-state index contributed by atoms with van der Waals surface area (Å²) in [6.45, 7) is 6.96. The second-order valence-electron chi connectivity index (χ2n) is 6.30. The van der Waals surface area contributed by atoms with Crippen LogP contribution < -0.4 is 10.1 Å². The standard InChI is InChI=1S/C18H25ClN6O/c1-4-20-18(21-11-17-23-22-13(2)24(17)3)25-10-9-14(12-25)26-16-8-6-5-7-15(16)19/h5-8,14H,4,9-12H2,1-3H3,(H,20,21). The van der Waals surface area contributed by atoms with Gasteiger partial charge in [0.2, 0.25) is 0 Å². The largest absolute Gasteiger partial charge is 0.487 e. The van der Waals surface area contributed by atoms with Crippen LogP contribution in [-0.4, -0.2) is 51.4 Å². The van der Waals surface area contributed by atoms with Gasteiger partial charge in [-0.25, -0.2) is 4.99 Å². The number of halogens is 1. The van der Waals surface area contributed by atoms with Gasteiger partial charge in [-0.05, 0) is 26.0 Å². The summed E-state index contributed by atoms with van der Waals surface area (Å²) in [6.07, 6.45) is 1.02. The first-order chi connectivity index (χ1) is 12.6. The second-order valence-corrected chi connectivity index (χ2v) is 6.70. The number of guanidine groups is 1. The lowest BCUT2D eigenvalue weighted by atomic mass is 10.3. The summed E-state index contributed by atoms with van der Waals surface area (Å²) in [5.41, 5.74) is 0. The van der Waals surface area contributed by atoms with Gasteiger partial charge in [-0.2, -0.15) is 0 Å². The van der Waals surface area contributed by atoms with Crippen LogP contribution in [0.5, 0.6) is 5.75 Å². The lowest BCUT2D eigenvalue weighted by Gasteiger charge is -2.22. The van der Waals surface area contributed by atoms with E-state index in [-0.39, 0.29) is 6.10 Å². The van der Waals surface area contributed by atoms with E-state index >= 15 is 0 Å². The predicted octanol–water partition coefficient (Wildman–Crippen LogP) is 2.40. The Balaban J connectivity index is 1.64. The Morgan fingerprint density at radius 1 is 1.38 bits per heavy atom. The number of likely N-dealkylation sites (tertiary alicyclic amines) is 1. The Morgan fingerprint density at radius 3 is 2.88 bits per heavy atom. The number of ether oxygens (including phenoxy) is 1. The molecule has 1 unspecified atom stereocenters. The first-order valence-electron chi connectivity index (χ1n) is 8.87. The molecule has 8 heteroatoms. The fourth-order valence-corrected chi connectivity index (χ4v) is 3.08. The Kier molecular flexibility index (Phi) is 5.98. The lowest BCUT2D eigenvalue weighted by Crippen LogP contribution is -2.41. The van der Waals surface area contributed by atoms with Crippen molar-refractivity contribution in [2.75, 3.05) is 19.6 Å². The Hall–Kier alpha value is -2.28. The highest BCUT2D eigenvalue weighted by atomic mass is 35.5. The summed E-state index contributed by atoms with van der Waals surface area (Å²) in [6, 6.07) is 7.58. The molecule has 0 saturated carbocycles. The normalized spacial score (nSPS) is 17.6. The number of nitrogens with one attached hydrogen (secondary N) is 1. The monoisotopic (exact) mass is 376 g/mol. The molecular formula is C18H25ClN6O. The minimum atomic E-state index is 0.0934. The van der Waals surface area contributed by atoms with E-state index in [4.69, 9.17) is 21.3 Å². The number of aliphatic imine (C=N–C) groups is 1. The van der Waals surface area contributed by atoms with Crippen molar-refractivity contribution in [2.24, 2.45) is 12.0 Å². The van der Waals surface area contributed by atoms with Crippen molar-refractivity contribution in [1.29, 1.82) is 0 Å². The highest BCUT2D eigenvalue weighted by Gasteiger charge is 2.27. The maximum Gasteiger partial charge on any atom is 0.194 e. The van der Waals surface area contributed by atoms with Crippen LogP contribution in [0.3, 0.4) is 0 Å². The van der Waals surface area contributed by atoms with Crippen molar-refractivity contribution in [3.05, 3.63) is 40.9 Å². The van der Waals surface area contributed by atoms with Crippen LogP contribution in [0.4, 0.5) is 0 Å². The van der Waals surface area contributed by atoms with Crippen LogP contribution >= 0.6 is 11.6 Å². The molecule has 0 bridgehead atoms. The van der Waals surface area contributed by atoms with Crippen molar-refractivity contribution < 1.29 is 4.74 Å². The number of hydrogen-bond donors (Lipinski definition) is 1. The number of nitrogens with zero attached hydrogens (tertiary/aromatic N) is 5. The van der Waals surface area contributed by atoms with Crippen LogP contribution in [0.25, 0.3) is 0 Å². The molecule has 1 N–H and O–H groups in total. The van der Waals surface area contributed by atoms with Crippen LogP contribution in [0.1, 0.15) is 25.0 Å². The van der Waals surface area contributed by atoms with Crippen molar-refractivity contribution in [3.63, 3.8) is 0 Å². The fraction of sp³-hybridized carbons (Fsp3) is 0.500. The molecule has 1 aliphatic heterocycles. The van der Waals surface area contributed by atoms with Crippen LogP contribution in [0, 0.1) is 6.92 Å². The van der Waals surface area contributed by atoms with Crippen molar-refractivity contribution >= 4 is 17.6 Å². The van der Waals surface area contributed by atoms with E-state index in [1.165, 1.54) is 0 Å². The second kappa shape index (κ2) is 8.40. The molecule has 3 rings (SSSR count). The molecule has 0 spiro atoms. The molecule has 1 saturated heterocycles. The number of aromatic nitrogens is 3. The molecule has 1 aromatic carbocycles. The van der Waals surface area contributed by atoms with Gasteiger partial charge in [0.1, 0.15) is 24.2 Å². The Morgan fingerprint density at radius 2 is 2.19 bits per heavy atom. The third-order valence-electron chi connectivity index (χ3n) is 4.46. The maximum atomic E-state index is 6.20. The van der Waals surface area contributed by atoms with E-state index < -0.39 is 0 Å². The highest BCUT2D eigenvalue weighted by molar-refractivity contribution is 6.32. The quantitative estimate of drug-likeness (QED) is 0.641. The zero-order valence-electron chi connectivity index (χ0n) is 15.4. The zero-order chi connectivity index (χ0) is 18.5. The highest BCUT2D eigenvalue weighted by Crippen LogP contribution is 2.26. The van der Waals surface area contributed by atoms with Crippen molar-refractivity contribution in [3.8, 4) is 5.75 Å². The summed E-state index contributed by atoms with van der Waals surface area (Å²) in [5, 5.41) is 12.3. The van der Waals surface area contributed by atoms with Gasteiger partial charge < -0.3 is 19.5 Å². The molecule has 26 heavy (non-hydrogen) atoms. The van der Waals surface area contributed by atoms with Gasteiger partial charge in [0, 0.05) is 26.6 Å². The summed E-state index contributed by atoms with van der Waals surface area (Å²) in [5.74, 6) is 3.34. The van der Waals surface area contributed by atoms with E-state index in [0.29, 0.717) is 11.6 Å². The third-order valence-corrected chi connectivity index (χ3v) is 4.77. The van der Waals surface area contributed by atoms with Gasteiger partial charge in [0.15, 0.2) is 11.8 Å².